The van der Waals surface area contributed by atoms with Crippen molar-refractivity contribution < 1.29 is 19.2 Å². The normalized spacial score (nSPS) is 16.3. The van der Waals surface area contributed by atoms with Crippen LogP contribution in [0.1, 0.15) is 63.8 Å². The van der Waals surface area contributed by atoms with E-state index in [0.717, 1.165) is 4.90 Å². The first kappa shape index (κ1) is 22.7. The second-order valence-corrected chi connectivity index (χ2v) is 9.56. The average molecular weight is 448 g/mol. The summed E-state index contributed by atoms with van der Waals surface area (Å²) >= 11 is 0. The van der Waals surface area contributed by atoms with E-state index < -0.39 is 0 Å². The summed E-state index contributed by atoms with van der Waals surface area (Å²) in [4.78, 5) is 55.1. The molecule has 0 saturated carbocycles. The molecule has 1 fully saturated rings. The van der Waals surface area contributed by atoms with Crippen LogP contribution in [0.2, 0.25) is 0 Å². The zero-order chi connectivity index (χ0) is 23.8. The Hall–Kier alpha value is -3.48. The zero-order valence-corrected chi connectivity index (χ0v) is 19.3. The summed E-state index contributed by atoms with van der Waals surface area (Å²) < 4.78 is 0. The van der Waals surface area contributed by atoms with Crippen molar-refractivity contribution in [2.45, 2.75) is 32.6 Å². The lowest BCUT2D eigenvalue weighted by Gasteiger charge is -2.35. The lowest BCUT2D eigenvalue weighted by molar-refractivity contribution is -0.132. The summed E-state index contributed by atoms with van der Waals surface area (Å²) in [6.45, 7) is 8.25. The van der Waals surface area contributed by atoms with Crippen LogP contribution in [0.5, 0.6) is 0 Å². The molecule has 2 aromatic carbocycles. The van der Waals surface area contributed by atoms with Gasteiger partial charge < -0.3 is 9.80 Å². The molecule has 2 aliphatic rings. The topological polar surface area (TPSA) is 78.0 Å². The van der Waals surface area contributed by atoms with E-state index >= 15 is 0 Å². The Morgan fingerprint density at radius 1 is 0.788 bits per heavy atom. The molecule has 0 atom stereocenters. The maximum atomic E-state index is 12.9. The van der Waals surface area contributed by atoms with E-state index in [4.69, 9.17) is 0 Å². The Bertz CT molecular complexity index is 1060. The number of imide groups is 1. The Morgan fingerprint density at radius 3 is 1.82 bits per heavy atom. The maximum Gasteiger partial charge on any atom is 0.261 e. The summed E-state index contributed by atoms with van der Waals surface area (Å²) in [6.07, 6.45) is 0.0771. The number of carbonyl (C=O) groups excluding carboxylic acids is 4. The van der Waals surface area contributed by atoms with Gasteiger partial charge >= 0.3 is 0 Å². The predicted octanol–water partition coefficient (Wildman–Crippen LogP) is 2.95. The largest absolute Gasteiger partial charge is 0.339 e. The molecule has 7 nitrogen and oxygen atoms in total. The Kier molecular flexibility index (Phi) is 6.06. The third-order valence-corrected chi connectivity index (χ3v) is 6.34. The molecule has 0 unspecified atom stereocenters. The summed E-state index contributed by atoms with van der Waals surface area (Å²) in [5.41, 5.74) is 2.62. The highest BCUT2D eigenvalue weighted by atomic mass is 16.2. The number of rotatable bonds is 4. The van der Waals surface area contributed by atoms with Crippen LogP contribution >= 0.6 is 0 Å². The first-order valence-electron chi connectivity index (χ1n) is 11.3. The molecule has 4 rings (SSSR count). The molecule has 0 radical (unpaired) electrons. The molecule has 2 aromatic rings. The van der Waals surface area contributed by atoms with E-state index in [2.05, 4.69) is 20.8 Å². The van der Waals surface area contributed by atoms with Gasteiger partial charge in [0.2, 0.25) is 5.91 Å². The predicted molar refractivity (Wildman–Crippen MR) is 124 cm³/mol. The number of nitrogens with zero attached hydrogens (tertiary/aromatic N) is 3. The molecule has 2 aliphatic heterocycles. The van der Waals surface area contributed by atoms with Crippen LogP contribution in [0.15, 0.2) is 48.5 Å². The van der Waals surface area contributed by atoms with Gasteiger partial charge in [-0.25, -0.2) is 0 Å². The smallest absolute Gasteiger partial charge is 0.261 e. The Balaban J connectivity index is 1.28. The van der Waals surface area contributed by atoms with E-state index in [0.29, 0.717) is 42.9 Å². The fourth-order valence-electron chi connectivity index (χ4n) is 4.26. The van der Waals surface area contributed by atoms with Crippen molar-refractivity contribution in [3.63, 3.8) is 0 Å². The number of fused-ring (bicyclic) bond motifs is 1. The van der Waals surface area contributed by atoms with Crippen molar-refractivity contribution in [2.24, 2.45) is 0 Å². The van der Waals surface area contributed by atoms with Gasteiger partial charge in [-0.05, 0) is 35.2 Å². The standard InChI is InChI=1S/C26H29N3O4/c1-26(2,3)19-10-8-18(9-11-19)23(31)28-16-14-27(15-17-28)22(30)12-13-29-24(32)20-6-4-5-7-21(20)25(29)33/h4-11H,12-17H2,1-3H3. The molecule has 0 aliphatic carbocycles. The number of hydrogen-bond donors (Lipinski definition) is 0. The Morgan fingerprint density at radius 2 is 1.30 bits per heavy atom. The van der Waals surface area contributed by atoms with Crippen molar-refractivity contribution in [3.05, 3.63) is 70.8 Å². The van der Waals surface area contributed by atoms with Gasteiger partial charge in [0.1, 0.15) is 0 Å². The van der Waals surface area contributed by atoms with Gasteiger partial charge in [0.15, 0.2) is 0 Å². The van der Waals surface area contributed by atoms with Crippen LogP contribution in [0.3, 0.4) is 0 Å². The minimum atomic E-state index is -0.351. The highest BCUT2D eigenvalue weighted by Gasteiger charge is 2.35. The van der Waals surface area contributed by atoms with Crippen LogP contribution in [0.4, 0.5) is 0 Å². The van der Waals surface area contributed by atoms with Crippen LogP contribution in [-0.2, 0) is 10.2 Å². The van der Waals surface area contributed by atoms with E-state index in [1.54, 1.807) is 34.1 Å². The summed E-state index contributed by atoms with van der Waals surface area (Å²) in [5, 5.41) is 0. The van der Waals surface area contributed by atoms with Crippen molar-refractivity contribution in [1.29, 1.82) is 0 Å². The van der Waals surface area contributed by atoms with Crippen molar-refractivity contribution in [1.82, 2.24) is 14.7 Å². The maximum absolute atomic E-state index is 12.9. The van der Waals surface area contributed by atoms with E-state index in [9.17, 15) is 19.2 Å². The second-order valence-electron chi connectivity index (χ2n) is 9.56. The molecule has 4 amide bonds. The first-order chi connectivity index (χ1) is 15.7. The minimum Gasteiger partial charge on any atom is -0.339 e. The zero-order valence-electron chi connectivity index (χ0n) is 19.3. The van der Waals surface area contributed by atoms with Crippen molar-refractivity contribution in [3.8, 4) is 0 Å². The molecule has 172 valence electrons. The van der Waals surface area contributed by atoms with Gasteiger partial charge in [0.25, 0.3) is 17.7 Å². The Labute approximate surface area is 194 Å². The van der Waals surface area contributed by atoms with Crippen LogP contribution in [0.25, 0.3) is 0 Å². The van der Waals surface area contributed by atoms with Crippen molar-refractivity contribution in [2.75, 3.05) is 32.7 Å². The molecule has 1 saturated heterocycles. The summed E-state index contributed by atoms with van der Waals surface area (Å²) in [7, 11) is 0. The second kappa shape index (κ2) is 8.81. The van der Waals surface area contributed by atoms with E-state index in [1.165, 1.54) is 5.56 Å². The molecule has 0 bridgehead atoms. The number of benzene rings is 2. The lowest BCUT2D eigenvalue weighted by Crippen LogP contribution is -2.51. The molecule has 0 spiro atoms. The highest BCUT2D eigenvalue weighted by Crippen LogP contribution is 2.24. The number of piperazine rings is 1. The van der Waals surface area contributed by atoms with Crippen LogP contribution in [-0.4, -0.2) is 71.1 Å². The molecule has 33 heavy (non-hydrogen) atoms. The van der Waals surface area contributed by atoms with Gasteiger partial charge in [-0.2, -0.15) is 0 Å². The van der Waals surface area contributed by atoms with Gasteiger partial charge in [0, 0.05) is 44.7 Å². The van der Waals surface area contributed by atoms with Gasteiger partial charge in [-0.3, -0.25) is 24.1 Å². The highest BCUT2D eigenvalue weighted by molar-refractivity contribution is 6.21. The van der Waals surface area contributed by atoms with E-state index in [1.807, 2.05) is 24.3 Å². The molecule has 0 N–H and O–H groups in total. The lowest BCUT2D eigenvalue weighted by atomic mass is 9.86. The van der Waals surface area contributed by atoms with E-state index in [-0.39, 0.29) is 42.0 Å². The van der Waals surface area contributed by atoms with Gasteiger partial charge in [-0.1, -0.05) is 45.0 Å². The number of hydrogen-bond acceptors (Lipinski definition) is 4. The quantitative estimate of drug-likeness (QED) is 0.675. The fraction of sp³-hybridized carbons (Fsp3) is 0.385. The number of amides is 4. The third-order valence-electron chi connectivity index (χ3n) is 6.34. The molecular formula is C26H29N3O4. The summed E-state index contributed by atoms with van der Waals surface area (Å²) in [5.74, 6) is -0.852. The number of carbonyl (C=O) groups is 4. The third kappa shape index (κ3) is 4.53. The molecular weight excluding hydrogens is 418 g/mol. The molecule has 0 aromatic heterocycles. The van der Waals surface area contributed by atoms with Crippen LogP contribution in [0, 0.1) is 0 Å². The molecule has 7 heteroatoms. The summed E-state index contributed by atoms with van der Waals surface area (Å²) in [6, 6.07) is 14.4. The molecule has 2 heterocycles. The van der Waals surface area contributed by atoms with Crippen LogP contribution < -0.4 is 0 Å². The fourth-order valence-corrected chi connectivity index (χ4v) is 4.26. The first-order valence-corrected chi connectivity index (χ1v) is 11.3. The monoisotopic (exact) mass is 447 g/mol. The van der Waals surface area contributed by atoms with Crippen molar-refractivity contribution >= 4 is 23.6 Å². The minimum absolute atomic E-state index is 0.0284. The average Bonchev–Trinajstić information content (AvgIpc) is 3.06. The SMILES string of the molecule is CC(C)(C)c1ccc(C(=O)N2CCN(C(=O)CCN3C(=O)c4ccccc4C3=O)CC2)cc1. The van der Waals surface area contributed by atoms with Gasteiger partial charge in [-0.15, -0.1) is 0 Å². The van der Waals surface area contributed by atoms with Gasteiger partial charge in [0.05, 0.1) is 11.1 Å².